The van der Waals surface area contributed by atoms with Crippen molar-refractivity contribution < 1.29 is 48.3 Å². The van der Waals surface area contributed by atoms with Gasteiger partial charge in [0.25, 0.3) is 0 Å². The number of esters is 1. The van der Waals surface area contributed by atoms with E-state index in [4.69, 9.17) is 18.9 Å². The van der Waals surface area contributed by atoms with Crippen LogP contribution in [0.1, 0.15) is 51.6 Å². The van der Waals surface area contributed by atoms with Gasteiger partial charge in [-0.2, -0.15) is 0 Å². The van der Waals surface area contributed by atoms with Gasteiger partial charge >= 0.3 is 18.0 Å². The van der Waals surface area contributed by atoms with Crippen LogP contribution in [0.2, 0.25) is 0 Å². The summed E-state index contributed by atoms with van der Waals surface area (Å²) in [5.41, 5.74) is 1.47. The quantitative estimate of drug-likeness (QED) is 0.0803. The summed E-state index contributed by atoms with van der Waals surface area (Å²) in [4.78, 5) is 63.9. The molecule has 6 atom stereocenters. The first-order chi connectivity index (χ1) is 30.7. The number of morpholine rings is 1. The largest absolute Gasteiger partial charge is 0.491 e. The van der Waals surface area contributed by atoms with E-state index in [1.807, 2.05) is 103 Å². The van der Waals surface area contributed by atoms with Crippen LogP contribution in [0.3, 0.4) is 0 Å². The van der Waals surface area contributed by atoms with Gasteiger partial charge in [-0.3, -0.25) is 24.2 Å². The number of anilines is 1. The third kappa shape index (κ3) is 8.06. The molecule has 0 saturated carbocycles. The zero-order valence-electron chi connectivity index (χ0n) is 34.8. The molecule has 6 unspecified atom stereocenters. The lowest BCUT2D eigenvalue weighted by atomic mass is 9.65. The molecule has 13 nitrogen and oxygen atoms in total. The Balaban J connectivity index is 1.37. The fourth-order valence-electron chi connectivity index (χ4n) is 9.39. The Bertz CT molecular complexity index is 2530. The fraction of sp³-hybridized carbons (Fsp3) is 0.280. The first-order valence-corrected chi connectivity index (χ1v) is 20.7. The van der Waals surface area contributed by atoms with Gasteiger partial charge in [0.15, 0.2) is 0 Å². The summed E-state index contributed by atoms with van der Waals surface area (Å²) in [6.45, 7) is 0.584. The SMILES string of the molecule is COCCOC(=O)N1C(=O)C2(c3cc(C#CCN(C)Cc4ccccc4)ccc31)C(C(=O)O)C1C(=O)OC(c3ccccc3)C(c3ccccc3)N1C2c1cccc(OCCO)c1. The highest BCUT2D eigenvalue weighted by Gasteiger charge is 2.76. The number of imide groups is 1. The number of aliphatic carboxylic acids is 1. The van der Waals surface area contributed by atoms with Crippen molar-refractivity contribution in [1.82, 2.24) is 9.80 Å². The van der Waals surface area contributed by atoms with E-state index < -0.39 is 59.5 Å². The maximum Gasteiger partial charge on any atom is 0.421 e. The molecule has 5 aromatic carbocycles. The van der Waals surface area contributed by atoms with Crippen molar-refractivity contribution in [3.05, 3.63) is 167 Å². The lowest BCUT2D eigenvalue weighted by Crippen LogP contribution is -2.53. The van der Waals surface area contributed by atoms with Gasteiger partial charge in [0, 0.05) is 19.2 Å². The Hall–Kier alpha value is -6.82. The number of nitrogens with zero attached hydrogens (tertiary/aromatic N) is 3. The summed E-state index contributed by atoms with van der Waals surface area (Å²) in [5, 5.41) is 21.3. The van der Waals surface area contributed by atoms with Gasteiger partial charge in [-0.05, 0) is 65.2 Å². The number of aliphatic hydroxyl groups is 1. The van der Waals surface area contributed by atoms with Gasteiger partial charge < -0.3 is 29.2 Å². The normalized spacial score (nSPS) is 22.5. The Morgan fingerprint density at radius 2 is 1.49 bits per heavy atom. The molecule has 5 aromatic rings. The topological polar surface area (TPSA) is 155 Å². The van der Waals surface area contributed by atoms with E-state index in [0.29, 0.717) is 41.1 Å². The third-order valence-corrected chi connectivity index (χ3v) is 11.8. The highest BCUT2D eigenvalue weighted by Crippen LogP contribution is 2.66. The van der Waals surface area contributed by atoms with Crippen LogP contribution in [0.25, 0.3) is 0 Å². The van der Waals surface area contributed by atoms with Crippen molar-refractivity contribution in [1.29, 1.82) is 0 Å². The Labute approximate surface area is 365 Å². The Morgan fingerprint density at radius 1 is 0.810 bits per heavy atom. The van der Waals surface area contributed by atoms with E-state index in [0.717, 1.165) is 10.5 Å². The van der Waals surface area contributed by atoms with Crippen molar-refractivity contribution in [2.75, 3.05) is 52.0 Å². The number of cyclic esters (lactones) is 1. The van der Waals surface area contributed by atoms with Crippen LogP contribution in [0.15, 0.2) is 133 Å². The number of benzene rings is 5. The number of carbonyl (C=O) groups is 4. The molecule has 3 aliphatic heterocycles. The lowest BCUT2D eigenvalue weighted by Gasteiger charge is -2.46. The molecular weight excluding hydrogens is 803 g/mol. The molecule has 13 heteroatoms. The molecule has 2 amide bonds. The molecule has 2 saturated heterocycles. The van der Waals surface area contributed by atoms with Crippen molar-refractivity contribution in [3.8, 4) is 17.6 Å². The van der Waals surface area contributed by atoms with Crippen molar-refractivity contribution in [2.45, 2.75) is 36.2 Å². The van der Waals surface area contributed by atoms with Crippen LogP contribution in [-0.4, -0.2) is 97.1 Å². The summed E-state index contributed by atoms with van der Waals surface area (Å²) in [5.74, 6) is 1.78. The Kier molecular flexibility index (Phi) is 12.7. The molecular formula is C50H47N3O10. The smallest absolute Gasteiger partial charge is 0.421 e. The number of ether oxygens (including phenoxy) is 4. The molecule has 0 aromatic heterocycles. The van der Waals surface area contributed by atoms with Crippen molar-refractivity contribution >= 4 is 29.6 Å². The number of hydrogen-bond acceptors (Lipinski definition) is 11. The van der Waals surface area contributed by atoms with Crippen molar-refractivity contribution in [3.63, 3.8) is 0 Å². The third-order valence-electron chi connectivity index (χ3n) is 11.8. The average Bonchev–Trinajstić information content (AvgIpc) is 3.76. The second kappa shape index (κ2) is 18.7. The second-order valence-corrected chi connectivity index (χ2v) is 15.7. The molecule has 2 N–H and O–H groups in total. The standard InChI is InChI=1S/C50H47N3O10/c1-51(32-34-14-6-3-7-15-34)25-13-16-33-23-24-40-39(30-33)50(48(58)52(40)49(59)62-29-28-60-2)41(46(55)56)43-47(57)63-44(36-19-10-5-11-20-36)42(35-17-8-4-9-18-35)53(43)45(50)37-21-12-22-38(31-37)61-27-26-54/h3-12,14-15,17-24,30-31,41-45,54H,25-29,32H2,1-2H3,(H,55,56). The van der Waals surface area contributed by atoms with E-state index in [2.05, 4.69) is 11.8 Å². The summed E-state index contributed by atoms with van der Waals surface area (Å²) in [7, 11) is 3.40. The van der Waals surface area contributed by atoms with E-state index in [-0.39, 0.29) is 37.7 Å². The first-order valence-electron chi connectivity index (χ1n) is 20.7. The van der Waals surface area contributed by atoms with E-state index in [1.54, 1.807) is 47.4 Å². The summed E-state index contributed by atoms with van der Waals surface area (Å²) < 4.78 is 22.9. The highest BCUT2D eigenvalue weighted by atomic mass is 16.6. The van der Waals surface area contributed by atoms with Crippen molar-refractivity contribution in [2.24, 2.45) is 5.92 Å². The monoisotopic (exact) mass is 849 g/mol. The number of hydrogen-bond donors (Lipinski definition) is 2. The predicted octanol–water partition coefficient (Wildman–Crippen LogP) is 6.07. The summed E-state index contributed by atoms with van der Waals surface area (Å²) >= 11 is 0. The zero-order valence-corrected chi connectivity index (χ0v) is 34.8. The molecule has 3 aliphatic rings. The number of carbonyl (C=O) groups excluding carboxylic acids is 3. The average molecular weight is 850 g/mol. The summed E-state index contributed by atoms with van der Waals surface area (Å²) in [6.07, 6.45) is -1.98. The zero-order chi connectivity index (χ0) is 44.1. The second-order valence-electron chi connectivity index (χ2n) is 15.7. The molecule has 3 heterocycles. The number of methoxy groups -OCH3 is 1. The van der Waals surface area contributed by atoms with Crippen LogP contribution < -0.4 is 9.64 Å². The number of fused-ring (bicyclic) bond motifs is 3. The predicted molar refractivity (Wildman–Crippen MR) is 231 cm³/mol. The first kappa shape index (κ1) is 42.9. The van der Waals surface area contributed by atoms with Gasteiger partial charge in [-0.1, -0.05) is 115 Å². The highest BCUT2D eigenvalue weighted by molar-refractivity contribution is 6.23. The van der Waals surface area contributed by atoms with E-state index >= 15 is 4.79 Å². The number of amides is 2. The molecule has 8 rings (SSSR count). The van der Waals surface area contributed by atoms with Crippen LogP contribution >= 0.6 is 0 Å². The van der Waals surface area contributed by atoms with Crippen LogP contribution in [0.5, 0.6) is 5.75 Å². The maximum atomic E-state index is 15.9. The van der Waals surface area contributed by atoms with Crippen LogP contribution in [0.4, 0.5) is 10.5 Å². The molecule has 0 bridgehead atoms. The number of rotatable bonds is 13. The van der Waals surface area contributed by atoms with Gasteiger partial charge in [-0.15, -0.1) is 0 Å². The molecule has 1 spiro atoms. The molecule has 2 fully saturated rings. The fourth-order valence-corrected chi connectivity index (χ4v) is 9.39. The van der Waals surface area contributed by atoms with Gasteiger partial charge in [0.05, 0.1) is 37.5 Å². The minimum atomic E-state index is -2.17. The number of carboxylic acids is 1. The molecule has 0 aliphatic carbocycles. The summed E-state index contributed by atoms with van der Waals surface area (Å²) in [6, 6.07) is 36.5. The van der Waals surface area contributed by atoms with Gasteiger partial charge in [-0.25, -0.2) is 9.69 Å². The lowest BCUT2D eigenvalue weighted by molar-refractivity contribution is -0.179. The van der Waals surface area contributed by atoms with Crippen LogP contribution in [-0.2, 0) is 40.6 Å². The minimum Gasteiger partial charge on any atom is -0.491 e. The van der Waals surface area contributed by atoms with Crippen LogP contribution in [0, 0.1) is 17.8 Å². The maximum absolute atomic E-state index is 15.9. The number of carboxylic acid groups (broad SMARTS) is 1. The minimum absolute atomic E-state index is 0.0379. The molecule has 322 valence electrons. The molecule has 0 radical (unpaired) electrons. The molecule has 63 heavy (non-hydrogen) atoms. The van der Waals surface area contributed by atoms with Gasteiger partial charge in [0.1, 0.15) is 42.4 Å². The van der Waals surface area contributed by atoms with Gasteiger partial charge in [0.2, 0.25) is 5.91 Å². The number of aliphatic hydroxyl groups excluding tert-OH is 1. The van der Waals surface area contributed by atoms with E-state index in [1.165, 1.54) is 7.11 Å². The Morgan fingerprint density at radius 3 is 2.17 bits per heavy atom. The van der Waals surface area contributed by atoms with E-state index in [9.17, 15) is 24.6 Å².